The van der Waals surface area contributed by atoms with Gasteiger partial charge in [-0.1, -0.05) is 18.2 Å². The molecule has 0 aromatic heterocycles. The molecule has 2 rings (SSSR count). The number of rotatable bonds is 5. The molecule has 0 saturated heterocycles. The molecule has 108 valence electrons. The van der Waals surface area contributed by atoms with E-state index in [9.17, 15) is 19.3 Å². The van der Waals surface area contributed by atoms with Crippen LogP contribution in [0.3, 0.4) is 0 Å². The van der Waals surface area contributed by atoms with Gasteiger partial charge in [0.05, 0.1) is 16.6 Å². The lowest BCUT2D eigenvalue weighted by Gasteiger charge is -2.09. The number of hydrogen-bond acceptors (Lipinski definition) is 4. The Bertz CT molecular complexity index is 703. The molecule has 0 heterocycles. The Morgan fingerprint density at radius 3 is 2.67 bits per heavy atom. The number of benzene rings is 2. The van der Waals surface area contributed by atoms with Gasteiger partial charge in [0.25, 0.3) is 5.69 Å². The summed E-state index contributed by atoms with van der Waals surface area (Å²) in [5.41, 5.74) is 0.308. The van der Waals surface area contributed by atoms with Crippen LogP contribution in [0.1, 0.15) is 15.9 Å². The summed E-state index contributed by atoms with van der Waals surface area (Å²) in [7, 11) is 0. The first-order valence-electron chi connectivity index (χ1n) is 5.98. The van der Waals surface area contributed by atoms with Crippen molar-refractivity contribution in [3.05, 3.63) is 69.5 Å². The van der Waals surface area contributed by atoms with E-state index in [1.165, 1.54) is 12.1 Å². The normalized spacial score (nSPS) is 10.1. The number of nitrogens with zero attached hydrogens (tertiary/aromatic N) is 1. The number of nitro benzene ring substituents is 1. The zero-order valence-electron chi connectivity index (χ0n) is 10.7. The smallest absolute Gasteiger partial charge is 0.336 e. The van der Waals surface area contributed by atoms with E-state index >= 15 is 0 Å². The van der Waals surface area contributed by atoms with Gasteiger partial charge in [-0.2, -0.15) is 0 Å². The molecule has 0 atom stereocenters. The van der Waals surface area contributed by atoms with Gasteiger partial charge in [0.2, 0.25) is 0 Å². The summed E-state index contributed by atoms with van der Waals surface area (Å²) in [6.45, 7) is 0.0783. The van der Waals surface area contributed by atoms with Crippen molar-refractivity contribution < 1.29 is 19.2 Å². The lowest BCUT2D eigenvalue weighted by Crippen LogP contribution is -2.08. The third-order valence-electron chi connectivity index (χ3n) is 2.87. The van der Waals surface area contributed by atoms with Crippen LogP contribution in [-0.4, -0.2) is 16.0 Å². The fourth-order valence-corrected chi connectivity index (χ4v) is 1.88. The largest absolute Gasteiger partial charge is 0.478 e. The number of anilines is 1. The van der Waals surface area contributed by atoms with E-state index in [1.807, 2.05) is 0 Å². The highest BCUT2D eigenvalue weighted by Gasteiger charge is 2.15. The highest BCUT2D eigenvalue weighted by atomic mass is 19.1. The van der Waals surface area contributed by atoms with Gasteiger partial charge >= 0.3 is 5.97 Å². The lowest BCUT2D eigenvalue weighted by atomic mass is 10.1. The summed E-state index contributed by atoms with van der Waals surface area (Å²) in [5.74, 6) is -1.79. The number of halogens is 1. The van der Waals surface area contributed by atoms with E-state index in [0.717, 1.165) is 12.1 Å². The van der Waals surface area contributed by atoms with Crippen LogP contribution < -0.4 is 5.32 Å². The van der Waals surface area contributed by atoms with Crippen molar-refractivity contribution >= 4 is 17.3 Å². The van der Waals surface area contributed by atoms with Crippen molar-refractivity contribution in [2.45, 2.75) is 6.54 Å². The van der Waals surface area contributed by atoms with E-state index in [0.29, 0.717) is 5.56 Å². The molecule has 0 amide bonds. The minimum absolute atomic E-state index is 0.0783. The van der Waals surface area contributed by atoms with Gasteiger partial charge in [-0.05, 0) is 23.8 Å². The molecule has 0 radical (unpaired) electrons. The van der Waals surface area contributed by atoms with Crippen molar-refractivity contribution in [3.63, 3.8) is 0 Å². The van der Waals surface area contributed by atoms with Crippen molar-refractivity contribution in [3.8, 4) is 0 Å². The van der Waals surface area contributed by atoms with E-state index in [1.54, 1.807) is 18.2 Å². The van der Waals surface area contributed by atoms with Crippen molar-refractivity contribution in [1.29, 1.82) is 0 Å². The predicted molar refractivity (Wildman–Crippen MR) is 73.8 cm³/mol. The van der Waals surface area contributed by atoms with E-state index < -0.39 is 22.4 Å². The molecule has 6 nitrogen and oxygen atoms in total. The first-order chi connectivity index (χ1) is 9.99. The standard InChI is InChI=1S/C14H11FN2O4/c15-10-5-6-12(13(7-10)17(20)21)16-8-9-3-1-2-4-11(9)14(18)19/h1-7,16H,8H2,(H,18,19). The van der Waals surface area contributed by atoms with Crippen molar-refractivity contribution in [2.75, 3.05) is 5.32 Å². The molecule has 0 aliphatic rings. The Morgan fingerprint density at radius 2 is 2.00 bits per heavy atom. The number of hydrogen-bond donors (Lipinski definition) is 2. The van der Waals surface area contributed by atoms with Crippen LogP contribution in [0.2, 0.25) is 0 Å². The number of carbonyl (C=O) groups is 1. The number of carboxylic acid groups (broad SMARTS) is 1. The van der Waals surface area contributed by atoms with Gasteiger partial charge in [0.1, 0.15) is 11.5 Å². The summed E-state index contributed by atoms with van der Waals surface area (Å²) in [4.78, 5) is 21.2. The minimum Gasteiger partial charge on any atom is -0.478 e. The Balaban J connectivity index is 2.25. The molecule has 7 heteroatoms. The van der Waals surface area contributed by atoms with Gasteiger partial charge in [-0.15, -0.1) is 0 Å². The first-order valence-corrected chi connectivity index (χ1v) is 5.98. The van der Waals surface area contributed by atoms with Crippen molar-refractivity contribution in [1.82, 2.24) is 0 Å². The monoisotopic (exact) mass is 290 g/mol. The molecule has 2 aromatic carbocycles. The second-order valence-corrected chi connectivity index (χ2v) is 4.23. The Labute approximate surface area is 119 Å². The fraction of sp³-hybridized carbons (Fsp3) is 0.0714. The molecule has 0 spiro atoms. The van der Waals surface area contributed by atoms with Gasteiger partial charge in [0.15, 0.2) is 0 Å². The molecule has 0 unspecified atom stereocenters. The number of nitrogens with one attached hydrogen (secondary N) is 1. The second-order valence-electron chi connectivity index (χ2n) is 4.23. The Kier molecular flexibility index (Phi) is 4.13. The van der Waals surface area contributed by atoms with Crippen LogP contribution in [0.4, 0.5) is 15.8 Å². The number of aromatic carboxylic acids is 1. The molecule has 21 heavy (non-hydrogen) atoms. The molecule has 0 bridgehead atoms. The van der Waals surface area contributed by atoms with Crippen LogP contribution >= 0.6 is 0 Å². The molecule has 0 aliphatic carbocycles. The Hall–Kier alpha value is -2.96. The summed E-state index contributed by atoms with van der Waals surface area (Å²) < 4.78 is 13.0. The summed E-state index contributed by atoms with van der Waals surface area (Å²) in [6, 6.07) is 9.46. The highest BCUT2D eigenvalue weighted by molar-refractivity contribution is 5.89. The van der Waals surface area contributed by atoms with Gasteiger partial charge in [-0.25, -0.2) is 9.18 Å². The number of carboxylic acids is 1. The van der Waals surface area contributed by atoms with E-state index in [-0.39, 0.29) is 17.8 Å². The molecule has 2 N–H and O–H groups in total. The average Bonchev–Trinajstić information content (AvgIpc) is 2.46. The maximum absolute atomic E-state index is 13.0. The fourth-order valence-electron chi connectivity index (χ4n) is 1.88. The van der Waals surface area contributed by atoms with Gasteiger partial charge in [0, 0.05) is 6.54 Å². The molecular weight excluding hydrogens is 279 g/mol. The predicted octanol–water partition coefficient (Wildman–Crippen LogP) is 3.04. The molecule has 2 aromatic rings. The molecular formula is C14H11FN2O4. The SMILES string of the molecule is O=C(O)c1ccccc1CNc1ccc(F)cc1[N+](=O)[O-]. The van der Waals surface area contributed by atoms with Crippen LogP contribution in [0.15, 0.2) is 42.5 Å². The Morgan fingerprint density at radius 1 is 1.29 bits per heavy atom. The second kappa shape index (κ2) is 6.00. The maximum Gasteiger partial charge on any atom is 0.336 e. The topological polar surface area (TPSA) is 92.5 Å². The highest BCUT2D eigenvalue weighted by Crippen LogP contribution is 2.25. The zero-order chi connectivity index (χ0) is 15.4. The van der Waals surface area contributed by atoms with Crippen LogP contribution in [-0.2, 0) is 6.54 Å². The summed E-state index contributed by atoms with van der Waals surface area (Å²) in [5, 5.41) is 22.7. The van der Waals surface area contributed by atoms with Gasteiger partial charge in [-0.3, -0.25) is 10.1 Å². The van der Waals surface area contributed by atoms with Crippen LogP contribution in [0.5, 0.6) is 0 Å². The molecule has 0 saturated carbocycles. The first kappa shape index (κ1) is 14.4. The lowest BCUT2D eigenvalue weighted by molar-refractivity contribution is -0.384. The number of nitro groups is 1. The van der Waals surface area contributed by atoms with Crippen LogP contribution in [0, 0.1) is 15.9 Å². The van der Waals surface area contributed by atoms with Gasteiger partial charge < -0.3 is 10.4 Å². The molecule has 0 aliphatic heterocycles. The third kappa shape index (κ3) is 3.33. The van der Waals surface area contributed by atoms with E-state index in [4.69, 9.17) is 5.11 Å². The zero-order valence-corrected chi connectivity index (χ0v) is 10.7. The van der Waals surface area contributed by atoms with Crippen molar-refractivity contribution in [2.24, 2.45) is 0 Å². The average molecular weight is 290 g/mol. The summed E-state index contributed by atoms with van der Waals surface area (Å²) in [6.07, 6.45) is 0. The minimum atomic E-state index is -1.08. The summed E-state index contributed by atoms with van der Waals surface area (Å²) >= 11 is 0. The van der Waals surface area contributed by atoms with Crippen LogP contribution in [0.25, 0.3) is 0 Å². The quantitative estimate of drug-likeness (QED) is 0.652. The third-order valence-corrected chi connectivity index (χ3v) is 2.87. The molecule has 0 fully saturated rings. The van der Waals surface area contributed by atoms with E-state index in [2.05, 4.69) is 5.32 Å². The maximum atomic E-state index is 13.0.